The number of sulfonamides is 1. The average molecular weight is 578 g/mol. The van der Waals surface area contributed by atoms with Crippen LogP contribution in [0.5, 0.6) is 5.75 Å². The van der Waals surface area contributed by atoms with Crippen LogP contribution in [0.4, 0.5) is 0 Å². The van der Waals surface area contributed by atoms with Gasteiger partial charge in [0.05, 0.1) is 29.4 Å². The summed E-state index contributed by atoms with van der Waals surface area (Å²) in [5.41, 5.74) is 1.48. The van der Waals surface area contributed by atoms with E-state index in [4.69, 9.17) is 19.2 Å². The van der Waals surface area contributed by atoms with Crippen LogP contribution < -0.4 is 15.0 Å². The second kappa shape index (κ2) is 14.4. The van der Waals surface area contributed by atoms with E-state index in [-0.39, 0.29) is 22.9 Å². The maximum absolute atomic E-state index is 13.5. The van der Waals surface area contributed by atoms with E-state index < -0.39 is 22.0 Å². The molecule has 12 nitrogen and oxygen atoms in total. The maximum atomic E-state index is 13.5. The summed E-state index contributed by atoms with van der Waals surface area (Å²) in [4.78, 5) is 31.8. The lowest BCUT2D eigenvalue weighted by Crippen LogP contribution is -2.36. The fourth-order valence-corrected chi connectivity index (χ4v) is 5.68. The van der Waals surface area contributed by atoms with Gasteiger partial charge in [-0.1, -0.05) is 20.3 Å². The molecule has 1 unspecified atom stereocenters. The number of aryl methyl sites for hydroxylation is 2. The summed E-state index contributed by atoms with van der Waals surface area (Å²) in [7, 11) is -0.734. The Morgan fingerprint density at radius 2 is 1.93 bits per heavy atom. The zero-order valence-corrected chi connectivity index (χ0v) is 24.6. The summed E-state index contributed by atoms with van der Waals surface area (Å²) in [6, 6.07) is 3.99. The highest BCUT2D eigenvalue weighted by Gasteiger charge is 2.24. The largest absolute Gasteiger partial charge is 0.493 e. The molecule has 1 aromatic carbocycles. The van der Waals surface area contributed by atoms with E-state index >= 15 is 0 Å². The van der Waals surface area contributed by atoms with Crippen LogP contribution in [0, 0.1) is 0 Å². The zero-order chi connectivity index (χ0) is 29.3. The molecule has 0 amide bonds. The van der Waals surface area contributed by atoms with Crippen molar-refractivity contribution in [3.05, 3.63) is 34.2 Å². The van der Waals surface area contributed by atoms with E-state index in [1.165, 1.54) is 23.7 Å². The van der Waals surface area contributed by atoms with Crippen LogP contribution in [0.3, 0.4) is 0 Å². The fourth-order valence-electron chi connectivity index (χ4n) is 4.35. The van der Waals surface area contributed by atoms with Crippen molar-refractivity contribution < 1.29 is 27.4 Å². The molecule has 0 aliphatic heterocycles. The van der Waals surface area contributed by atoms with Gasteiger partial charge in [0.25, 0.3) is 5.56 Å². The number of nitrogens with one attached hydrogen (secondary N) is 2. The van der Waals surface area contributed by atoms with Gasteiger partial charge in [0.15, 0.2) is 5.52 Å². The highest BCUT2D eigenvalue weighted by molar-refractivity contribution is 7.89. The number of aromatic nitrogens is 4. The predicted octanol–water partition coefficient (Wildman–Crippen LogP) is 3.09. The summed E-state index contributed by atoms with van der Waals surface area (Å²) in [6.07, 6.45) is 3.62. The summed E-state index contributed by atoms with van der Waals surface area (Å²) >= 11 is 0. The summed E-state index contributed by atoms with van der Waals surface area (Å²) in [6.45, 7) is 6.23. The second-order valence-corrected chi connectivity index (χ2v) is 11.2. The molecule has 2 heterocycles. The molecule has 0 aliphatic carbocycles. The van der Waals surface area contributed by atoms with Crippen LogP contribution in [0.25, 0.3) is 22.4 Å². The first-order valence-electron chi connectivity index (χ1n) is 13.5. The molecule has 0 bridgehead atoms. The summed E-state index contributed by atoms with van der Waals surface area (Å²) in [5, 5.41) is 4.46. The van der Waals surface area contributed by atoms with Crippen molar-refractivity contribution >= 4 is 27.0 Å². The van der Waals surface area contributed by atoms with Gasteiger partial charge in [0, 0.05) is 33.7 Å². The first-order chi connectivity index (χ1) is 19.1. The molecule has 3 rings (SSSR count). The summed E-state index contributed by atoms with van der Waals surface area (Å²) in [5.74, 6) is 0.160. The number of nitrogens with zero attached hydrogens (tertiary/aromatic N) is 3. The minimum Gasteiger partial charge on any atom is -0.493 e. The first kappa shape index (κ1) is 31.2. The number of rotatable bonds is 16. The number of H-pyrrole nitrogens is 1. The molecular formula is C27H39N5O7S. The Morgan fingerprint density at radius 3 is 2.60 bits per heavy atom. The number of carbonyl (C=O) groups excluding carboxylic acids is 1. The second-order valence-electron chi connectivity index (χ2n) is 9.52. The molecule has 0 saturated heterocycles. The molecule has 0 fully saturated rings. The number of fused-ring (bicyclic) bond motifs is 1. The van der Waals surface area contributed by atoms with E-state index in [0.29, 0.717) is 66.9 Å². The molecule has 13 heteroatoms. The van der Waals surface area contributed by atoms with Gasteiger partial charge in [-0.3, -0.25) is 14.3 Å². The predicted molar refractivity (Wildman–Crippen MR) is 151 cm³/mol. The van der Waals surface area contributed by atoms with E-state index in [2.05, 4.69) is 14.8 Å². The van der Waals surface area contributed by atoms with Gasteiger partial charge in [0.2, 0.25) is 10.0 Å². The molecule has 40 heavy (non-hydrogen) atoms. The van der Waals surface area contributed by atoms with Crippen molar-refractivity contribution in [2.75, 3.05) is 26.9 Å². The average Bonchev–Trinajstić information content (AvgIpc) is 3.22. The van der Waals surface area contributed by atoms with Crippen molar-refractivity contribution in [1.82, 2.24) is 24.5 Å². The summed E-state index contributed by atoms with van der Waals surface area (Å²) < 4.78 is 47.3. The molecule has 2 N–H and O–H groups in total. The van der Waals surface area contributed by atoms with Crippen LogP contribution in [0.15, 0.2) is 27.9 Å². The van der Waals surface area contributed by atoms with Crippen LogP contribution in [0.2, 0.25) is 0 Å². The Labute approximate surface area is 234 Å². The Balaban J connectivity index is 2.04. The quantitative estimate of drug-likeness (QED) is 0.193. The minimum absolute atomic E-state index is 0.0155. The number of benzene rings is 1. The minimum atomic E-state index is -4.00. The van der Waals surface area contributed by atoms with E-state index in [1.807, 2.05) is 13.8 Å². The molecule has 0 radical (unpaired) electrons. The van der Waals surface area contributed by atoms with Gasteiger partial charge in [0.1, 0.15) is 17.1 Å². The standard InChI is InChI=1S/C27H39N5O7S/c1-6-9-22-24-25(32(4)30-22)27(34)29-26(28-24)21-17-20(11-12-23(21)39-14-7-2)40(35,36)31-19(10-8-15-37-5)13-16-38-18(3)33/h11-12,17,19,31H,6-10,13-16H2,1-5H3,(H,28,29,34). The number of methoxy groups -OCH3 is 1. The van der Waals surface area contributed by atoms with Gasteiger partial charge in [-0.25, -0.2) is 18.1 Å². The van der Waals surface area contributed by atoms with Crippen molar-refractivity contribution in [2.45, 2.75) is 70.2 Å². The lowest BCUT2D eigenvalue weighted by atomic mass is 10.1. The molecule has 220 valence electrons. The lowest BCUT2D eigenvalue weighted by Gasteiger charge is -2.19. The SMILES string of the molecule is CCCOc1ccc(S(=O)(=O)NC(CCCOC)CCOC(C)=O)cc1-c1nc2c(CCC)nn(C)c2c(=O)[nH]1. The molecule has 3 aromatic rings. The Kier molecular flexibility index (Phi) is 11.2. The Bertz CT molecular complexity index is 1470. The van der Waals surface area contributed by atoms with E-state index in [1.54, 1.807) is 20.2 Å². The maximum Gasteiger partial charge on any atom is 0.302 e. The highest BCUT2D eigenvalue weighted by Crippen LogP contribution is 2.31. The van der Waals surface area contributed by atoms with Crippen LogP contribution in [-0.4, -0.2) is 67.1 Å². The molecular weight excluding hydrogens is 538 g/mol. The monoisotopic (exact) mass is 577 g/mol. The van der Waals surface area contributed by atoms with Gasteiger partial charge in [-0.2, -0.15) is 5.10 Å². The highest BCUT2D eigenvalue weighted by atomic mass is 32.2. The molecule has 0 aliphatic rings. The molecule has 0 saturated carbocycles. The smallest absolute Gasteiger partial charge is 0.302 e. The van der Waals surface area contributed by atoms with Gasteiger partial charge in [-0.05, 0) is 50.3 Å². The van der Waals surface area contributed by atoms with E-state index in [0.717, 1.165) is 12.8 Å². The van der Waals surface area contributed by atoms with Crippen molar-refractivity contribution in [3.8, 4) is 17.1 Å². The number of esters is 1. The van der Waals surface area contributed by atoms with Crippen LogP contribution in [0.1, 0.15) is 58.6 Å². The number of aromatic amines is 1. The third-order valence-corrected chi connectivity index (χ3v) is 7.74. The normalized spacial score (nSPS) is 12.5. The van der Waals surface area contributed by atoms with Crippen molar-refractivity contribution in [1.29, 1.82) is 0 Å². The molecule has 0 spiro atoms. The van der Waals surface area contributed by atoms with Gasteiger partial charge in [-0.15, -0.1) is 0 Å². The topological polar surface area (TPSA) is 154 Å². The first-order valence-corrected chi connectivity index (χ1v) is 15.0. The third kappa shape index (κ3) is 7.89. The fraction of sp³-hybridized carbons (Fsp3) is 0.556. The van der Waals surface area contributed by atoms with Crippen molar-refractivity contribution in [2.24, 2.45) is 7.05 Å². The van der Waals surface area contributed by atoms with Gasteiger partial charge >= 0.3 is 5.97 Å². The Morgan fingerprint density at radius 1 is 1.15 bits per heavy atom. The molecule has 2 aromatic heterocycles. The zero-order valence-electron chi connectivity index (χ0n) is 23.8. The molecule has 1 atom stereocenters. The van der Waals surface area contributed by atoms with Crippen LogP contribution >= 0.6 is 0 Å². The van der Waals surface area contributed by atoms with E-state index in [9.17, 15) is 18.0 Å². The van der Waals surface area contributed by atoms with Crippen molar-refractivity contribution in [3.63, 3.8) is 0 Å². The number of ether oxygens (including phenoxy) is 3. The number of hydrogen-bond donors (Lipinski definition) is 2. The van der Waals surface area contributed by atoms with Crippen LogP contribution in [-0.2, 0) is 37.8 Å². The lowest BCUT2D eigenvalue weighted by molar-refractivity contribution is -0.141. The number of hydrogen-bond acceptors (Lipinski definition) is 9. The third-order valence-electron chi connectivity index (χ3n) is 6.22. The Hall–Kier alpha value is -3.29. The van der Waals surface area contributed by atoms with Gasteiger partial charge < -0.3 is 19.2 Å². The number of carbonyl (C=O) groups is 1.